The Hall–Kier alpha value is -6.98. The Morgan fingerprint density at radius 1 is 0.362 bits per heavy atom. The number of nitrogens with zero attached hydrogens (tertiary/aromatic N) is 2. The van der Waals surface area contributed by atoms with E-state index in [0.717, 1.165) is 58.8 Å². The first-order chi connectivity index (χ1) is 31.7. The summed E-state index contributed by atoms with van der Waals surface area (Å²) in [6.45, 7) is 0. The van der Waals surface area contributed by atoms with Crippen LogP contribution in [0.1, 0.15) is 9.60 Å². The second kappa shape index (κ2) is 12.3. The highest BCUT2D eigenvalue weighted by Gasteiger charge is 2.19. The molecule has 0 spiro atoms. The van der Waals surface area contributed by atoms with Crippen LogP contribution >= 0.6 is 22.7 Å². The number of para-hydroxylation sites is 1. The van der Waals surface area contributed by atoms with Gasteiger partial charge in [0.1, 0.15) is 0 Å². The zero-order valence-electron chi connectivity index (χ0n) is 37.6. The fraction of sp³-hybridized carbons (Fsp3) is 0. The van der Waals surface area contributed by atoms with Crippen molar-refractivity contribution in [2.75, 3.05) is 0 Å². The lowest BCUT2D eigenvalue weighted by molar-refractivity contribution is 1.19. The van der Waals surface area contributed by atoms with E-state index in [9.17, 15) is 6.85 Å². The smallest absolute Gasteiger partial charge is 0.0645 e. The van der Waals surface area contributed by atoms with Crippen molar-refractivity contribution in [2.45, 2.75) is 0 Å². The Morgan fingerprint density at radius 2 is 1.00 bits per heavy atom. The molecule has 0 fully saturated rings. The summed E-state index contributed by atoms with van der Waals surface area (Å²) in [7, 11) is 0. The molecule has 9 aromatic carbocycles. The Labute approximate surface area is 351 Å². The molecule has 0 saturated carbocycles. The van der Waals surface area contributed by atoms with Crippen molar-refractivity contribution < 1.29 is 9.60 Å². The number of aromatic nitrogens is 2. The monoisotopic (exact) mass is 779 g/mol. The predicted molar refractivity (Wildman–Crippen MR) is 252 cm³/mol. The second-order valence-corrected chi connectivity index (χ2v) is 16.9. The molecule has 2 nitrogen and oxygen atoms in total. The topological polar surface area (TPSA) is 9.86 Å². The highest BCUT2D eigenvalue weighted by molar-refractivity contribution is 7.26. The number of rotatable bonds is 4. The Morgan fingerprint density at radius 3 is 1.74 bits per heavy atom. The predicted octanol–water partition coefficient (Wildman–Crippen LogP) is 16.0. The molecule has 0 aliphatic heterocycles. The minimum atomic E-state index is -0.416. The largest absolute Gasteiger partial charge is 0.309 e. The number of hydrogen-bond donors (Lipinski definition) is 0. The molecule has 13 aromatic rings. The molecule has 0 aliphatic carbocycles. The molecule has 0 radical (unpaired) electrons. The number of thiophene rings is 2. The van der Waals surface area contributed by atoms with Gasteiger partial charge in [-0.2, -0.15) is 0 Å². The number of fused-ring (bicyclic) bond motifs is 12. The highest BCUT2D eigenvalue weighted by atomic mass is 32.1. The quantitative estimate of drug-likeness (QED) is 0.168. The molecule has 13 rings (SSSR count). The van der Waals surface area contributed by atoms with Crippen LogP contribution in [-0.4, -0.2) is 9.13 Å². The van der Waals surface area contributed by atoms with Gasteiger partial charge in [0.2, 0.25) is 0 Å². The van der Waals surface area contributed by atoms with Crippen LogP contribution in [0.25, 0.3) is 118 Å². The normalized spacial score (nSPS) is 13.8. The van der Waals surface area contributed by atoms with Crippen LogP contribution in [-0.2, 0) is 0 Å². The third-order valence-corrected chi connectivity index (χ3v) is 13.8. The molecule has 0 amide bonds. The molecule has 4 heterocycles. The number of benzene rings is 9. The van der Waals surface area contributed by atoms with Crippen molar-refractivity contribution in [1.29, 1.82) is 0 Å². The Balaban J connectivity index is 1.10. The molecule has 0 aliphatic rings. The standard InChI is InChI=1S/C54H32N2S2/c1-2-11-33(12-3-1)38-16-10-18-49-54(38)45-30-35(22-28-48(45)56(49)37-24-26-43-41-15-6-9-20-51(41)58-53(43)32-37)34-21-27-47-44(29-34)39-13-4-7-17-46(39)55(47)36-23-25-42-40-14-5-8-19-50(40)57-52(42)31-36/h1-32H/i4D,7D,13D,17D,21D,27D,29D. The average molecular weight is 780 g/mol. The van der Waals surface area contributed by atoms with E-state index in [1.165, 1.54) is 20.2 Å². The maximum Gasteiger partial charge on any atom is 0.0645 e. The SMILES string of the molecule is [2H]c1c([2H])c([2H])c2c(c1[2H])c1c([2H])c(-c3ccc4c(c3)c3c(-c5ccccc5)cccc3n4-c3ccc4c(c3)sc3ccccc34)c([2H])c([2H])c1n2-c1ccc2c(c1)sc1ccccc12. The van der Waals surface area contributed by atoms with Gasteiger partial charge in [-0.25, -0.2) is 0 Å². The van der Waals surface area contributed by atoms with Crippen molar-refractivity contribution in [3.63, 3.8) is 0 Å². The van der Waals surface area contributed by atoms with Crippen molar-refractivity contribution in [1.82, 2.24) is 9.13 Å². The van der Waals surface area contributed by atoms with Crippen LogP contribution in [0.15, 0.2) is 194 Å². The van der Waals surface area contributed by atoms with Gasteiger partial charge in [0.15, 0.2) is 0 Å². The van der Waals surface area contributed by atoms with Gasteiger partial charge in [0.05, 0.1) is 31.7 Å². The van der Waals surface area contributed by atoms with Crippen molar-refractivity contribution in [2.24, 2.45) is 0 Å². The van der Waals surface area contributed by atoms with Gasteiger partial charge in [0.25, 0.3) is 0 Å². The first-order valence-electron chi connectivity index (χ1n) is 22.7. The van der Waals surface area contributed by atoms with Crippen LogP contribution < -0.4 is 0 Å². The molecule has 0 N–H and O–H groups in total. The molecule has 58 heavy (non-hydrogen) atoms. The molecule has 0 saturated heterocycles. The van der Waals surface area contributed by atoms with Crippen molar-refractivity contribution in [3.05, 3.63) is 194 Å². The van der Waals surface area contributed by atoms with Gasteiger partial charge in [0, 0.05) is 73.3 Å². The molecule has 4 aromatic heterocycles. The third-order valence-electron chi connectivity index (χ3n) is 11.6. The molecular weight excluding hydrogens is 741 g/mol. The van der Waals surface area contributed by atoms with Crippen molar-refractivity contribution >= 4 is 107 Å². The van der Waals surface area contributed by atoms with Gasteiger partial charge in [-0.3, -0.25) is 0 Å². The van der Waals surface area contributed by atoms with Crippen LogP contribution in [0, 0.1) is 0 Å². The summed E-state index contributed by atoms with van der Waals surface area (Å²) in [6, 6.07) is 50.0. The first kappa shape index (κ1) is 26.0. The van der Waals surface area contributed by atoms with Gasteiger partial charge in [-0.15, -0.1) is 22.7 Å². The second-order valence-electron chi connectivity index (χ2n) is 14.7. The minimum absolute atomic E-state index is 0.0701. The minimum Gasteiger partial charge on any atom is -0.309 e. The number of hydrogen-bond acceptors (Lipinski definition) is 2. The molecular formula is C54H32N2S2. The van der Waals surface area contributed by atoms with Gasteiger partial charge >= 0.3 is 0 Å². The Kier molecular flexibility index (Phi) is 5.50. The summed E-state index contributed by atoms with van der Waals surface area (Å²) in [5.74, 6) is 0. The lowest BCUT2D eigenvalue weighted by Crippen LogP contribution is -1.93. The van der Waals surface area contributed by atoms with Crippen molar-refractivity contribution in [3.8, 4) is 33.6 Å². The summed E-state index contributed by atoms with van der Waals surface area (Å²) in [5.41, 5.74) is 6.80. The fourth-order valence-corrected chi connectivity index (χ4v) is 11.3. The third kappa shape index (κ3) is 4.64. The van der Waals surface area contributed by atoms with E-state index in [1.54, 1.807) is 27.2 Å². The van der Waals surface area contributed by atoms with E-state index in [2.05, 4.69) is 89.5 Å². The summed E-state index contributed by atoms with van der Waals surface area (Å²) in [5, 5.41) is 6.91. The highest BCUT2D eigenvalue weighted by Crippen LogP contribution is 2.43. The molecule has 0 bridgehead atoms. The van der Waals surface area contributed by atoms with E-state index in [0.29, 0.717) is 11.3 Å². The molecule has 270 valence electrons. The van der Waals surface area contributed by atoms with Gasteiger partial charge in [-0.05, 0) is 95.0 Å². The summed E-state index contributed by atoms with van der Waals surface area (Å²) in [6.07, 6.45) is 0. The van der Waals surface area contributed by atoms with E-state index in [-0.39, 0.29) is 57.6 Å². The zero-order valence-corrected chi connectivity index (χ0v) is 32.3. The lowest BCUT2D eigenvalue weighted by Gasteiger charge is -2.10. The zero-order chi connectivity index (χ0) is 44.0. The lowest BCUT2D eigenvalue weighted by atomic mass is 9.97. The van der Waals surface area contributed by atoms with Crippen LogP contribution in [0.5, 0.6) is 0 Å². The summed E-state index contributed by atoms with van der Waals surface area (Å²) < 4.78 is 73.9. The fourth-order valence-electron chi connectivity index (χ4n) is 8.99. The van der Waals surface area contributed by atoms with E-state index in [1.807, 2.05) is 66.7 Å². The maximum atomic E-state index is 10.0. The molecule has 4 heteroatoms. The van der Waals surface area contributed by atoms with Gasteiger partial charge in [-0.1, -0.05) is 121 Å². The average Bonchev–Trinajstić information content (AvgIpc) is 4.09. The molecule has 0 unspecified atom stereocenters. The van der Waals surface area contributed by atoms with E-state index >= 15 is 0 Å². The Bertz CT molecular complexity index is 4220. The van der Waals surface area contributed by atoms with Crippen LogP contribution in [0.3, 0.4) is 0 Å². The summed E-state index contributed by atoms with van der Waals surface area (Å²) >= 11 is 3.40. The van der Waals surface area contributed by atoms with Crippen LogP contribution in [0.2, 0.25) is 0 Å². The first-order valence-corrected chi connectivity index (χ1v) is 20.8. The van der Waals surface area contributed by atoms with E-state index in [4.69, 9.17) is 2.74 Å². The maximum absolute atomic E-state index is 10.0. The summed E-state index contributed by atoms with van der Waals surface area (Å²) in [4.78, 5) is 0. The van der Waals surface area contributed by atoms with Gasteiger partial charge < -0.3 is 9.13 Å². The molecule has 0 atom stereocenters. The van der Waals surface area contributed by atoms with E-state index < -0.39 is 12.1 Å². The van der Waals surface area contributed by atoms with Crippen LogP contribution in [0.4, 0.5) is 0 Å².